The van der Waals surface area contributed by atoms with Gasteiger partial charge >= 0.3 is 0 Å². The lowest BCUT2D eigenvalue weighted by molar-refractivity contribution is -0.120. The molecule has 0 saturated carbocycles. The molecule has 3 aromatic carbocycles. The van der Waals surface area contributed by atoms with Crippen molar-refractivity contribution in [2.45, 2.75) is 32.2 Å². The van der Waals surface area contributed by atoms with Crippen molar-refractivity contribution >= 4 is 28.5 Å². The van der Waals surface area contributed by atoms with E-state index in [-0.39, 0.29) is 5.91 Å². The predicted octanol–water partition coefficient (Wildman–Crippen LogP) is 5.45. The molecule has 0 bridgehead atoms. The Bertz CT molecular complexity index is 1170. The van der Waals surface area contributed by atoms with Gasteiger partial charge in [0.1, 0.15) is 11.6 Å². The molecular weight excluding hydrogens is 434 g/mol. The van der Waals surface area contributed by atoms with Gasteiger partial charge in [-0.15, -0.1) is 0 Å². The number of hydrogen-bond acceptors (Lipinski definition) is 3. The van der Waals surface area contributed by atoms with Crippen LogP contribution in [0.25, 0.3) is 11.0 Å². The highest BCUT2D eigenvalue weighted by Crippen LogP contribution is 2.18. The van der Waals surface area contributed by atoms with Crippen LogP contribution in [0.15, 0.2) is 78.9 Å². The lowest BCUT2D eigenvalue weighted by Gasteiger charge is -2.11. The summed E-state index contributed by atoms with van der Waals surface area (Å²) in [4.78, 5) is 17.1. The van der Waals surface area contributed by atoms with Crippen molar-refractivity contribution in [2.75, 3.05) is 13.2 Å². The molecule has 5 nitrogen and oxygen atoms in total. The molecule has 33 heavy (non-hydrogen) atoms. The van der Waals surface area contributed by atoms with Crippen molar-refractivity contribution in [3.63, 3.8) is 0 Å². The molecule has 4 rings (SSSR count). The SMILES string of the molecule is O=C(Cc1ccccc1)NCCc1nc2ccccc2n1CCCCOc1ccc(Cl)cc1. The second-order valence-corrected chi connectivity index (χ2v) is 8.38. The van der Waals surface area contributed by atoms with Crippen LogP contribution in [0.3, 0.4) is 0 Å². The third kappa shape index (κ3) is 6.59. The van der Waals surface area contributed by atoms with E-state index in [4.69, 9.17) is 21.3 Å². The third-order valence-corrected chi connectivity index (χ3v) is 5.72. The minimum absolute atomic E-state index is 0.0307. The Hall–Kier alpha value is -3.31. The summed E-state index contributed by atoms with van der Waals surface area (Å²) < 4.78 is 8.07. The van der Waals surface area contributed by atoms with Crippen LogP contribution in [0.2, 0.25) is 5.02 Å². The molecule has 6 heteroatoms. The number of amides is 1. The van der Waals surface area contributed by atoms with Crippen molar-refractivity contribution in [3.8, 4) is 5.75 Å². The highest BCUT2D eigenvalue weighted by Gasteiger charge is 2.11. The number of aromatic nitrogens is 2. The monoisotopic (exact) mass is 461 g/mol. The number of ether oxygens (including phenoxy) is 1. The molecule has 1 aromatic heterocycles. The van der Waals surface area contributed by atoms with Crippen LogP contribution < -0.4 is 10.1 Å². The second-order valence-electron chi connectivity index (χ2n) is 7.94. The van der Waals surface area contributed by atoms with Gasteiger partial charge in [-0.05, 0) is 54.8 Å². The van der Waals surface area contributed by atoms with E-state index in [9.17, 15) is 4.79 Å². The fourth-order valence-electron chi connectivity index (χ4n) is 3.82. The molecule has 1 heterocycles. The maximum Gasteiger partial charge on any atom is 0.224 e. The lowest BCUT2D eigenvalue weighted by Crippen LogP contribution is -2.28. The standard InChI is InChI=1S/C27H28ClN3O2/c28-22-12-14-23(15-13-22)33-19-7-6-18-31-25-11-5-4-10-24(25)30-26(31)16-17-29-27(32)20-21-8-2-1-3-9-21/h1-5,8-15H,6-7,16-20H2,(H,29,32). The number of benzene rings is 3. The molecule has 0 spiro atoms. The summed E-state index contributed by atoms with van der Waals surface area (Å²) in [5.41, 5.74) is 3.13. The first-order chi connectivity index (χ1) is 16.2. The number of imidazole rings is 1. The normalized spacial score (nSPS) is 10.9. The first-order valence-corrected chi connectivity index (χ1v) is 11.7. The molecular formula is C27H28ClN3O2. The van der Waals surface area contributed by atoms with Gasteiger partial charge in [-0.25, -0.2) is 4.98 Å². The van der Waals surface area contributed by atoms with Crippen LogP contribution >= 0.6 is 11.6 Å². The second kappa shape index (κ2) is 11.5. The van der Waals surface area contributed by atoms with Gasteiger partial charge < -0.3 is 14.6 Å². The molecule has 0 radical (unpaired) electrons. The van der Waals surface area contributed by atoms with E-state index in [1.54, 1.807) is 0 Å². The number of carbonyl (C=O) groups excluding carboxylic acids is 1. The molecule has 0 unspecified atom stereocenters. The van der Waals surface area contributed by atoms with Gasteiger partial charge in [0, 0.05) is 24.5 Å². The maximum atomic E-state index is 12.3. The Morgan fingerprint density at radius 2 is 1.70 bits per heavy atom. The minimum atomic E-state index is 0.0307. The molecule has 1 N–H and O–H groups in total. The fraction of sp³-hybridized carbons (Fsp3) is 0.259. The number of nitrogens with zero attached hydrogens (tertiary/aromatic N) is 2. The minimum Gasteiger partial charge on any atom is -0.494 e. The summed E-state index contributed by atoms with van der Waals surface area (Å²) >= 11 is 5.92. The summed E-state index contributed by atoms with van der Waals surface area (Å²) in [5.74, 6) is 1.86. The largest absolute Gasteiger partial charge is 0.494 e. The van der Waals surface area contributed by atoms with Crippen molar-refractivity contribution < 1.29 is 9.53 Å². The van der Waals surface area contributed by atoms with Crippen LogP contribution in [-0.4, -0.2) is 28.6 Å². The van der Waals surface area contributed by atoms with E-state index in [1.807, 2.05) is 72.8 Å². The van der Waals surface area contributed by atoms with Crippen LogP contribution in [0.4, 0.5) is 0 Å². The Balaban J connectivity index is 1.29. The Morgan fingerprint density at radius 1 is 0.939 bits per heavy atom. The number of fused-ring (bicyclic) bond motifs is 1. The van der Waals surface area contributed by atoms with Gasteiger partial charge in [0.2, 0.25) is 5.91 Å². The molecule has 0 atom stereocenters. The van der Waals surface area contributed by atoms with Crippen molar-refractivity contribution in [3.05, 3.63) is 95.3 Å². The van der Waals surface area contributed by atoms with E-state index < -0.39 is 0 Å². The average Bonchev–Trinajstić information content (AvgIpc) is 3.18. The molecule has 0 aliphatic heterocycles. The van der Waals surface area contributed by atoms with E-state index in [0.717, 1.165) is 47.6 Å². The van der Waals surface area contributed by atoms with Crippen LogP contribution in [0, 0.1) is 0 Å². The molecule has 0 aliphatic rings. The average molecular weight is 462 g/mol. The van der Waals surface area contributed by atoms with Crippen LogP contribution in [0.1, 0.15) is 24.2 Å². The van der Waals surface area contributed by atoms with Gasteiger partial charge in [0.15, 0.2) is 0 Å². The molecule has 0 fully saturated rings. The topological polar surface area (TPSA) is 56.2 Å². The number of halogens is 1. The predicted molar refractivity (Wildman–Crippen MR) is 133 cm³/mol. The number of rotatable bonds is 11. The zero-order valence-electron chi connectivity index (χ0n) is 18.5. The zero-order chi connectivity index (χ0) is 22.9. The van der Waals surface area contributed by atoms with Crippen LogP contribution in [0.5, 0.6) is 5.75 Å². The number of aryl methyl sites for hydroxylation is 1. The van der Waals surface area contributed by atoms with Crippen molar-refractivity contribution in [2.24, 2.45) is 0 Å². The molecule has 170 valence electrons. The van der Waals surface area contributed by atoms with Gasteiger partial charge in [-0.3, -0.25) is 4.79 Å². The van der Waals surface area contributed by atoms with Gasteiger partial charge in [0.25, 0.3) is 0 Å². The summed E-state index contributed by atoms with van der Waals surface area (Å²) in [6, 6.07) is 25.4. The summed E-state index contributed by atoms with van der Waals surface area (Å²) in [7, 11) is 0. The summed E-state index contributed by atoms with van der Waals surface area (Å²) in [6.45, 7) is 2.07. The van der Waals surface area contributed by atoms with Gasteiger partial charge in [-0.2, -0.15) is 0 Å². The van der Waals surface area contributed by atoms with E-state index >= 15 is 0 Å². The molecule has 0 saturated heterocycles. The van der Waals surface area contributed by atoms with E-state index in [2.05, 4.69) is 16.0 Å². The smallest absolute Gasteiger partial charge is 0.224 e. The number of para-hydroxylation sites is 2. The number of carbonyl (C=O) groups is 1. The Kier molecular flexibility index (Phi) is 7.99. The van der Waals surface area contributed by atoms with Crippen molar-refractivity contribution in [1.29, 1.82) is 0 Å². The number of unbranched alkanes of at least 4 members (excludes halogenated alkanes) is 1. The van der Waals surface area contributed by atoms with E-state index in [1.165, 1.54) is 0 Å². The molecule has 1 amide bonds. The first kappa shape index (κ1) is 22.9. The highest BCUT2D eigenvalue weighted by atomic mass is 35.5. The van der Waals surface area contributed by atoms with Crippen LogP contribution in [-0.2, 0) is 24.2 Å². The van der Waals surface area contributed by atoms with E-state index in [0.29, 0.717) is 31.0 Å². The lowest BCUT2D eigenvalue weighted by atomic mass is 10.1. The highest BCUT2D eigenvalue weighted by molar-refractivity contribution is 6.30. The summed E-state index contributed by atoms with van der Waals surface area (Å²) in [6.07, 6.45) is 2.99. The Labute approximate surface area is 199 Å². The first-order valence-electron chi connectivity index (χ1n) is 11.3. The van der Waals surface area contributed by atoms with Gasteiger partial charge in [0.05, 0.1) is 24.1 Å². The van der Waals surface area contributed by atoms with Crippen molar-refractivity contribution in [1.82, 2.24) is 14.9 Å². The molecule has 4 aromatic rings. The third-order valence-electron chi connectivity index (χ3n) is 5.47. The summed E-state index contributed by atoms with van der Waals surface area (Å²) in [5, 5.41) is 3.73. The number of nitrogens with one attached hydrogen (secondary N) is 1. The number of hydrogen-bond donors (Lipinski definition) is 1. The fourth-order valence-corrected chi connectivity index (χ4v) is 3.94. The molecule has 0 aliphatic carbocycles. The maximum absolute atomic E-state index is 12.3. The zero-order valence-corrected chi connectivity index (χ0v) is 19.3. The van der Waals surface area contributed by atoms with Gasteiger partial charge in [-0.1, -0.05) is 54.1 Å². The Morgan fingerprint density at radius 3 is 2.52 bits per heavy atom. The quantitative estimate of drug-likeness (QED) is 0.302.